The molecule has 0 bridgehead atoms. The number of nitrogens with two attached hydrogens (primary N) is 1. The average molecular weight is 453 g/mol. The molecule has 2 saturated heterocycles. The summed E-state index contributed by atoms with van der Waals surface area (Å²) in [6.07, 6.45) is -2.46. The van der Waals surface area contributed by atoms with Gasteiger partial charge in [0.15, 0.2) is 0 Å². The number of phosphoric ester groups is 1. The summed E-state index contributed by atoms with van der Waals surface area (Å²) in [5, 5.41) is 0. The third-order valence-corrected chi connectivity index (χ3v) is 6.87. The molecule has 2 aliphatic heterocycles. The molecule has 176 valence electrons. The van der Waals surface area contributed by atoms with E-state index in [1.807, 2.05) is 20.8 Å². The standard InChI is InChI=1S/C19H36NO9P/c1-8-14-19(17(23-6)13(4)26-14)29-30(21,28-11(2)9-20)25-10-15-18(24-7)16(22-5)12(3)27-15/h12-19H,2,8-10,20H2,1,3-7H3/t12-,13-,14+,15+,16+,17+,18?,19?,30?/m0/s1. The maximum absolute atomic E-state index is 13.5. The van der Waals surface area contributed by atoms with Gasteiger partial charge < -0.3 is 33.9 Å². The summed E-state index contributed by atoms with van der Waals surface area (Å²) in [5.74, 6) is 0.0751. The van der Waals surface area contributed by atoms with Crippen LogP contribution in [0.5, 0.6) is 0 Å². The third kappa shape index (κ3) is 5.82. The van der Waals surface area contributed by atoms with E-state index in [1.165, 1.54) is 0 Å². The highest BCUT2D eigenvalue weighted by molar-refractivity contribution is 7.48. The topological polar surface area (TPSA) is 117 Å². The minimum Gasteiger partial charge on any atom is -0.408 e. The van der Waals surface area contributed by atoms with Gasteiger partial charge in [-0.25, -0.2) is 4.57 Å². The van der Waals surface area contributed by atoms with Gasteiger partial charge in [0.25, 0.3) is 0 Å². The van der Waals surface area contributed by atoms with Gasteiger partial charge in [0.2, 0.25) is 0 Å². The lowest BCUT2D eigenvalue weighted by atomic mass is 10.1. The van der Waals surface area contributed by atoms with E-state index in [4.69, 9.17) is 43.0 Å². The van der Waals surface area contributed by atoms with Gasteiger partial charge in [-0.1, -0.05) is 13.5 Å². The first-order valence-electron chi connectivity index (χ1n) is 10.1. The van der Waals surface area contributed by atoms with Crippen LogP contribution in [0.15, 0.2) is 12.3 Å². The van der Waals surface area contributed by atoms with Gasteiger partial charge in [0.05, 0.1) is 31.5 Å². The van der Waals surface area contributed by atoms with Gasteiger partial charge >= 0.3 is 7.82 Å². The van der Waals surface area contributed by atoms with Crippen molar-refractivity contribution in [3.05, 3.63) is 12.3 Å². The van der Waals surface area contributed by atoms with Crippen LogP contribution in [0.2, 0.25) is 0 Å². The Bertz CT molecular complexity index is 607. The van der Waals surface area contributed by atoms with Crippen LogP contribution in [-0.4, -0.2) is 83.3 Å². The maximum atomic E-state index is 13.5. The molecule has 2 N–H and O–H groups in total. The Balaban J connectivity index is 2.16. The molecule has 0 aromatic carbocycles. The first-order chi connectivity index (χ1) is 14.2. The number of hydrogen-bond donors (Lipinski definition) is 1. The molecular weight excluding hydrogens is 417 g/mol. The minimum atomic E-state index is -4.12. The molecule has 10 nitrogen and oxygen atoms in total. The smallest absolute Gasteiger partial charge is 0.408 e. The molecule has 0 aromatic rings. The van der Waals surface area contributed by atoms with Crippen molar-refractivity contribution in [3.63, 3.8) is 0 Å². The zero-order valence-electron chi connectivity index (χ0n) is 18.6. The average Bonchev–Trinajstić information content (AvgIpc) is 3.20. The fourth-order valence-electron chi connectivity index (χ4n) is 3.93. The maximum Gasteiger partial charge on any atom is 0.530 e. The van der Waals surface area contributed by atoms with E-state index in [-0.39, 0.29) is 43.3 Å². The lowest BCUT2D eigenvalue weighted by molar-refractivity contribution is -0.0487. The first kappa shape index (κ1) is 25.7. The Kier molecular flexibility index (Phi) is 9.73. The molecular formula is C19H36NO9P. The van der Waals surface area contributed by atoms with Crippen molar-refractivity contribution in [2.45, 2.75) is 76.0 Å². The summed E-state index contributed by atoms with van der Waals surface area (Å²) in [5.41, 5.74) is 5.57. The Morgan fingerprint density at radius 1 is 0.967 bits per heavy atom. The summed E-state index contributed by atoms with van der Waals surface area (Å²) < 4.78 is 58.7. The van der Waals surface area contributed by atoms with E-state index in [0.29, 0.717) is 6.42 Å². The molecule has 9 atom stereocenters. The predicted molar refractivity (Wildman–Crippen MR) is 109 cm³/mol. The van der Waals surface area contributed by atoms with Crippen molar-refractivity contribution >= 4 is 7.82 Å². The molecule has 2 aliphatic rings. The quantitative estimate of drug-likeness (QED) is 0.347. The molecule has 2 heterocycles. The van der Waals surface area contributed by atoms with Gasteiger partial charge in [0, 0.05) is 21.3 Å². The second-order valence-electron chi connectivity index (χ2n) is 7.42. The van der Waals surface area contributed by atoms with Crippen molar-refractivity contribution in [1.29, 1.82) is 0 Å². The molecule has 11 heteroatoms. The third-order valence-electron chi connectivity index (χ3n) is 5.42. The monoisotopic (exact) mass is 453 g/mol. The second-order valence-corrected chi connectivity index (χ2v) is 8.96. The Morgan fingerprint density at radius 2 is 1.50 bits per heavy atom. The normalized spacial score (nSPS) is 38.5. The van der Waals surface area contributed by atoms with Gasteiger partial charge in [-0.2, -0.15) is 0 Å². The van der Waals surface area contributed by atoms with E-state index in [0.717, 1.165) is 0 Å². The van der Waals surface area contributed by atoms with Crippen molar-refractivity contribution in [1.82, 2.24) is 0 Å². The molecule has 0 aromatic heterocycles. The van der Waals surface area contributed by atoms with E-state index in [1.54, 1.807) is 21.3 Å². The van der Waals surface area contributed by atoms with Crippen LogP contribution in [0.25, 0.3) is 0 Å². The molecule has 30 heavy (non-hydrogen) atoms. The van der Waals surface area contributed by atoms with Crippen LogP contribution in [0.1, 0.15) is 27.2 Å². The lowest BCUT2D eigenvalue weighted by Gasteiger charge is -2.28. The van der Waals surface area contributed by atoms with Crippen LogP contribution >= 0.6 is 7.82 Å². The lowest BCUT2D eigenvalue weighted by Crippen LogP contribution is -2.38. The zero-order chi connectivity index (χ0) is 22.5. The highest BCUT2D eigenvalue weighted by Crippen LogP contribution is 2.54. The van der Waals surface area contributed by atoms with Gasteiger partial charge in [-0.15, -0.1) is 0 Å². The van der Waals surface area contributed by atoms with Gasteiger partial charge in [-0.05, 0) is 20.3 Å². The fourth-order valence-corrected chi connectivity index (χ4v) is 5.36. The molecule has 2 rings (SSSR count). The predicted octanol–water partition coefficient (Wildman–Crippen LogP) is 2.01. The SMILES string of the molecule is C=C(CN)OP(=O)(OC[C@H]1O[C@@H](C)[C@@H](OC)C1OC)OC1[C@@H](CC)O[C@@H](C)[C@H]1OC. The number of rotatable bonds is 12. The number of ether oxygens (including phenoxy) is 5. The number of phosphoric acid groups is 1. The zero-order valence-corrected chi connectivity index (χ0v) is 19.5. The van der Waals surface area contributed by atoms with E-state index in [2.05, 4.69) is 6.58 Å². The van der Waals surface area contributed by atoms with E-state index in [9.17, 15) is 4.57 Å². The van der Waals surface area contributed by atoms with Crippen LogP contribution in [0.3, 0.4) is 0 Å². The molecule has 3 unspecified atom stereocenters. The molecule has 0 spiro atoms. The van der Waals surface area contributed by atoms with Gasteiger partial charge in [-0.3, -0.25) is 9.05 Å². The molecule has 0 radical (unpaired) electrons. The van der Waals surface area contributed by atoms with Gasteiger partial charge in [0.1, 0.15) is 36.3 Å². The molecule has 0 amide bonds. The Morgan fingerprint density at radius 3 is 2.00 bits per heavy atom. The van der Waals surface area contributed by atoms with Crippen LogP contribution in [-0.2, 0) is 41.8 Å². The highest BCUT2D eigenvalue weighted by atomic mass is 31.2. The summed E-state index contributed by atoms with van der Waals surface area (Å²) in [6.45, 7) is 9.20. The summed E-state index contributed by atoms with van der Waals surface area (Å²) in [6, 6.07) is 0. The Hall–Kier alpha value is -0.550. The molecule has 2 fully saturated rings. The van der Waals surface area contributed by atoms with Crippen LogP contribution in [0, 0.1) is 0 Å². The Labute approximate surface area is 178 Å². The largest absolute Gasteiger partial charge is 0.530 e. The highest BCUT2D eigenvalue weighted by Gasteiger charge is 2.49. The van der Waals surface area contributed by atoms with E-state index >= 15 is 0 Å². The van der Waals surface area contributed by atoms with Crippen molar-refractivity contribution in [2.24, 2.45) is 5.73 Å². The summed E-state index contributed by atoms with van der Waals surface area (Å²) in [7, 11) is 0.564. The van der Waals surface area contributed by atoms with Crippen LogP contribution < -0.4 is 5.73 Å². The van der Waals surface area contributed by atoms with Crippen molar-refractivity contribution in [2.75, 3.05) is 34.5 Å². The minimum absolute atomic E-state index is 0.0391. The number of hydrogen-bond acceptors (Lipinski definition) is 10. The molecule has 0 saturated carbocycles. The van der Waals surface area contributed by atoms with Crippen LogP contribution in [0.4, 0.5) is 0 Å². The molecule has 0 aliphatic carbocycles. The van der Waals surface area contributed by atoms with E-state index < -0.39 is 32.2 Å². The van der Waals surface area contributed by atoms with Crippen molar-refractivity contribution in [3.8, 4) is 0 Å². The first-order valence-corrected chi connectivity index (χ1v) is 11.6. The summed E-state index contributed by atoms with van der Waals surface area (Å²) >= 11 is 0. The number of methoxy groups -OCH3 is 3. The fraction of sp³-hybridized carbons (Fsp3) is 0.895. The summed E-state index contributed by atoms with van der Waals surface area (Å²) in [4.78, 5) is 0. The van der Waals surface area contributed by atoms with Crippen molar-refractivity contribution < 1.29 is 41.8 Å². The second kappa shape index (κ2) is 11.4.